The van der Waals surface area contributed by atoms with Gasteiger partial charge in [0.05, 0.1) is 0 Å². The van der Waals surface area contributed by atoms with Crippen molar-refractivity contribution in [3.63, 3.8) is 0 Å². The van der Waals surface area contributed by atoms with Crippen LogP contribution in [0, 0.1) is 0 Å². The Morgan fingerprint density at radius 2 is 2.55 bits per heavy atom. The molecule has 60 valence electrons. The lowest BCUT2D eigenvalue weighted by Gasteiger charge is -2.21. The van der Waals surface area contributed by atoms with E-state index in [1.165, 1.54) is 24.9 Å². The van der Waals surface area contributed by atoms with E-state index in [4.69, 9.17) is 0 Å². The zero-order chi connectivity index (χ0) is 7.68. The smallest absolute Gasteiger partial charge is 0.0115 e. The molecule has 0 N–H and O–H groups in total. The molecular formula is C10H14N-. The lowest BCUT2D eigenvalue weighted by Crippen LogP contribution is -2.16. The minimum absolute atomic E-state index is 0.699. The molecule has 1 aliphatic rings. The molecule has 1 heteroatoms. The second kappa shape index (κ2) is 2.74. The van der Waals surface area contributed by atoms with Gasteiger partial charge in [-0.25, -0.2) is 12.1 Å². The summed E-state index contributed by atoms with van der Waals surface area (Å²) in [5.41, 5.74) is 1.49. The highest BCUT2D eigenvalue weighted by Gasteiger charge is 2.19. The molecule has 1 aromatic rings. The second-order valence-electron chi connectivity index (χ2n) is 3.36. The molecule has 1 fully saturated rings. The van der Waals surface area contributed by atoms with E-state index < -0.39 is 0 Å². The highest BCUT2D eigenvalue weighted by atomic mass is 15.1. The van der Waals surface area contributed by atoms with Crippen LogP contribution < -0.4 is 0 Å². The van der Waals surface area contributed by atoms with Gasteiger partial charge in [-0.2, -0.15) is 17.7 Å². The standard InChI is InChI=1S/C10H14N/c1-11-8-4-7-10(11)9-5-2-3-6-9/h2-3,5-6,10H,4,7-8H2,1H3/q-1/t10-/m1/s1. The van der Waals surface area contributed by atoms with Crippen LogP contribution in [0.4, 0.5) is 0 Å². The van der Waals surface area contributed by atoms with Crippen LogP contribution in [-0.2, 0) is 0 Å². The van der Waals surface area contributed by atoms with Crippen LogP contribution in [0.15, 0.2) is 24.3 Å². The number of likely N-dealkylation sites (tertiary alicyclic amines) is 1. The van der Waals surface area contributed by atoms with E-state index in [1.54, 1.807) is 0 Å². The SMILES string of the molecule is CN1CCC[C@@H]1c1ccc[cH-]1. The van der Waals surface area contributed by atoms with Crippen LogP contribution in [0.5, 0.6) is 0 Å². The first-order chi connectivity index (χ1) is 5.38. The molecule has 0 saturated carbocycles. The van der Waals surface area contributed by atoms with Crippen molar-refractivity contribution in [3.05, 3.63) is 29.8 Å². The van der Waals surface area contributed by atoms with Crippen LogP contribution in [0.25, 0.3) is 0 Å². The molecule has 1 atom stereocenters. The van der Waals surface area contributed by atoms with Crippen LogP contribution in [0.2, 0.25) is 0 Å². The van der Waals surface area contributed by atoms with Gasteiger partial charge in [-0.1, -0.05) is 0 Å². The number of hydrogen-bond donors (Lipinski definition) is 0. The molecule has 1 aliphatic heterocycles. The Kier molecular flexibility index (Phi) is 1.74. The van der Waals surface area contributed by atoms with Crippen molar-refractivity contribution >= 4 is 0 Å². The summed E-state index contributed by atoms with van der Waals surface area (Å²) in [5.74, 6) is 0. The van der Waals surface area contributed by atoms with Gasteiger partial charge in [0.2, 0.25) is 0 Å². The van der Waals surface area contributed by atoms with Crippen molar-refractivity contribution in [2.75, 3.05) is 13.6 Å². The first kappa shape index (κ1) is 6.99. The average molecular weight is 148 g/mol. The molecule has 0 aliphatic carbocycles. The summed E-state index contributed by atoms with van der Waals surface area (Å²) in [5, 5.41) is 0. The van der Waals surface area contributed by atoms with Crippen molar-refractivity contribution in [1.29, 1.82) is 0 Å². The third-order valence-corrected chi connectivity index (χ3v) is 2.59. The van der Waals surface area contributed by atoms with Gasteiger partial charge >= 0.3 is 0 Å². The Morgan fingerprint density at radius 1 is 1.64 bits per heavy atom. The highest BCUT2D eigenvalue weighted by Crippen LogP contribution is 2.29. The molecule has 1 heterocycles. The molecule has 1 nitrogen and oxygen atoms in total. The first-order valence-electron chi connectivity index (χ1n) is 4.30. The minimum atomic E-state index is 0.699. The Bertz CT molecular complexity index is 213. The Hall–Kier alpha value is -0.690. The molecule has 0 unspecified atom stereocenters. The fourth-order valence-electron chi connectivity index (χ4n) is 1.94. The zero-order valence-corrected chi connectivity index (χ0v) is 6.96. The van der Waals surface area contributed by atoms with Crippen molar-refractivity contribution in [3.8, 4) is 0 Å². The van der Waals surface area contributed by atoms with Gasteiger partial charge in [-0.3, -0.25) is 0 Å². The van der Waals surface area contributed by atoms with E-state index in [2.05, 4.69) is 36.2 Å². The molecular weight excluding hydrogens is 134 g/mol. The predicted molar refractivity (Wildman–Crippen MR) is 46.6 cm³/mol. The highest BCUT2D eigenvalue weighted by molar-refractivity contribution is 5.21. The summed E-state index contributed by atoms with van der Waals surface area (Å²) >= 11 is 0. The summed E-state index contributed by atoms with van der Waals surface area (Å²) in [7, 11) is 2.21. The van der Waals surface area contributed by atoms with Gasteiger partial charge in [0.1, 0.15) is 0 Å². The predicted octanol–water partition coefficient (Wildman–Crippen LogP) is 2.17. The summed E-state index contributed by atoms with van der Waals surface area (Å²) in [6.45, 7) is 1.26. The average Bonchev–Trinajstić information content (AvgIpc) is 2.55. The summed E-state index contributed by atoms with van der Waals surface area (Å²) in [6.07, 6.45) is 2.69. The Labute approximate surface area is 68.0 Å². The molecule has 0 radical (unpaired) electrons. The fourth-order valence-corrected chi connectivity index (χ4v) is 1.94. The molecule has 0 aromatic heterocycles. The second-order valence-corrected chi connectivity index (χ2v) is 3.36. The van der Waals surface area contributed by atoms with E-state index in [0.29, 0.717) is 6.04 Å². The zero-order valence-electron chi connectivity index (χ0n) is 6.96. The van der Waals surface area contributed by atoms with Crippen molar-refractivity contribution in [1.82, 2.24) is 4.90 Å². The summed E-state index contributed by atoms with van der Waals surface area (Å²) < 4.78 is 0. The molecule has 1 saturated heterocycles. The summed E-state index contributed by atoms with van der Waals surface area (Å²) in [6, 6.07) is 9.41. The van der Waals surface area contributed by atoms with E-state index in [-0.39, 0.29) is 0 Å². The van der Waals surface area contributed by atoms with Gasteiger partial charge in [0, 0.05) is 6.04 Å². The van der Waals surface area contributed by atoms with E-state index in [0.717, 1.165) is 0 Å². The van der Waals surface area contributed by atoms with Gasteiger partial charge in [0.25, 0.3) is 0 Å². The summed E-state index contributed by atoms with van der Waals surface area (Å²) in [4.78, 5) is 2.44. The van der Waals surface area contributed by atoms with Gasteiger partial charge in [-0.15, -0.1) is 0 Å². The van der Waals surface area contributed by atoms with Gasteiger partial charge < -0.3 is 4.90 Å². The Morgan fingerprint density at radius 3 is 3.09 bits per heavy atom. The first-order valence-corrected chi connectivity index (χ1v) is 4.30. The van der Waals surface area contributed by atoms with E-state index in [9.17, 15) is 0 Å². The molecule has 11 heavy (non-hydrogen) atoms. The van der Waals surface area contributed by atoms with E-state index in [1.807, 2.05) is 0 Å². The molecule has 1 aromatic carbocycles. The number of nitrogens with zero attached hydrogens (tertiary/aromatic N) is 1. The van der Waals surface area contributed by atoms with Crippen LogP contribution in [0.3, 0.4) is 0 Å². The topological polar surface area (TPSA) is 3.24 Å². The third-order valence-electron chi connectivity index (χ3n) is 2.59. The largest absolute Gasteiger partial charge is 0.301 e. The van der Waals surface area contributed by atoms with Gasteiger partial charge in [-0.05, 0) is 26.4 Å². The molecule has 0 amide bonds. The van der Waals surface area contributed by atoms with Crippen molar-refractivity contribution < 1.29 is 0 Å². The van der Waals surface area contributed by atoms with E-state index >= 15 is 0 Å². The maximum atomic E-state index is 2.44. The maximum absolute atomic E-state index is 2.44. The lowest BCUT2D eigenvalue weighted by atomic mass is 10.1. The van der Waals surface area contributed by atoms with Crippen LogP contribution in [-0.4, -0.2) is 18.5 Å². The molecule has 2 rings (SSSR count). The molecule has 0 bridgehead atoms. The van der Waals surface area contributed by atoms with Crippen LogP contribution >= 0.6 is 0 Å². The number of rotatable bonds is 1. The maximum Gasteiger partial charge on any atom is 0.0115 e. The fraction of sp³-hybridized carbons (Fsp3) is 0.500. The quantitative estimate of drug-likeness (QED) is 0.552. The Balaban J connectivity index is 2.16. The minimum Gasteiger partial charge on any atom is -0.301 e. The normalized spacial score (nSPS) is 26.1. The van der Waals surface area contributed by atoms with Crippen molar-refractivity contribution in [2.24, 2.45) is 0 Å². The van der Waals surface area contributed by atoms with Crippen LogP contribution in [0.1, 0.15) is 24.4 Å². The lowest BCUT2D eigenvalue weighted by molar-refractivity contribution is 0.318. The monoisotopic (exact) mass is 148 g/mol. The molecule has 0 spiro atoms. The van der Waals surface area contributed by atoms with Crippen molar-refractivity contribution in [2.45, 2.75) is 18.9 Å². The third kappa shape index (κ3) is 1.21. The van der Waals surface area contributed by atoms with Gasteiger partial charge in [0.15, 0.2) is 0 Å². The number of hydrogen-bond acceptors (Lipinski definition) is 1.